The van der Waals surface area contributed by atoms with Gasteiger partial charge < -0.3 is 14.8 Å². The maximum Gasteiger partial charge on any atom is 0.295 e. The number of azo groups is 1. The number of hydrogen-bond acceptors (Lipinski definition) is 4. The van der Waals surface area contributed by atoms with E-state index in [1.165, 1.54) is 13.8 Å². The summed E-state index contributed by atoms with van der Waals surface area (Å²) in [6.45, 7) is 5.14. The summed E-state index contributed by atoms with van der Waals surface area (Å²) in [6.07, 6.45) is 0. The van der Waals surface area contributed by atoms with Gasteiger partial charge in [-0.3, -0.25) is 4.79 Å². The van der Waals surface area contributed by atoms with Gasteiger partial charge in [0, 0.05) is 11.9 Å². The van der Waals surface area contributed by atoms with E-state index >= 15 is 0 Å². The molecule has 0 bridgehead atoms. The molecule has 20 heavy (non-hydrogen) atoms. The van der Waals surface area contributed by atoms with Gasteiger partial charge in [-0.25, -0.2) is 0 Å². The third-order valence-electron chi connectivity index (χ3n) is 3.00. The molecule has 6 nitrogen and oxygen atoms in total. The van der Waals surface area contributed by atoms with Crippen molar-refractivity contribution in [3.8, 4) is 5.88 Å². The SMILES string of the molecule is CCn1c(O)c(N=NC(=O)C(C)(C)O)c2ccccc21. The van der Waals surface area contributed by atoms with Crippen molar-refractivity contribution in [1.29, 1.82) is 0 Å². The molecule has 0 fully saturated rings. The standard InChI is InChI=1S/C14H17N3O3/c1-4-17-10-8-6-5-7-9(10)11(12(17)18)15-16-13(19)14(2,3)20/h5-8,18,20H,4H2,1-3H3. The van der Waals surface area contributed by atoms with Crippen molar-refractivity contribution < 1.29 is 15.0 Å². The van der Waals surface area contributed by atoms with Crippen LogP contribution in [0, 0.1) is 0 Å². The number of aromatic nitrogens is 1. The fourth-order valence-corrected chi connectivity index (χ4v) is 1.91. The summed E-state index contributed by atoms with van der Waals surface area (Å²) in [5.74, 6) is -0.800. The van der Waals surface area contributed by atoms with Crippen LogP contribution in [-0.4, -0.2) is 26.3 Å². The number of aromatic hydroxyl groups is 1. The quantitative estimate of drug-likeness (QED) is 0.844. The lowest BCUT2D eigenvalue weighted by atomic mass is 10.1. The second kappa shape index (κ2) is 5.05. The monoisotopic (exact) mass is 275 g/mol. The molecule has 0 saturated carbocycles. The molecule has 1 aromatic heterocycles. The number of aryl methyl sites for hydroxylation is 1. The second-order valence-electron chi connectivity index (χ2n) is 5.00. The predicted molar refractivity (Wildman–Crippen MR) is 75.1 cm³/mol. The number of nitrogens with zero attached hydrogens (tertiary/aromatic N) is 3. The number of aliphatic hydroxyl groups is 1. The average Bonchev–Trinajstić information content (AvgIpc) is 2.66. The first kappa shape index (κ1) is 14.2. The highest BCUT2D eigenvalue weighted by Gasteiger charge is 2.24. The lowest BCUT2D eigenvalue weighted by Crippen LogP contribution is -2.28. The molecule has 0 atom stereocenters. The maximum absolute atomic E-state index is 11.6. The third kappa shape index (κ3) is 2.42. The first-order chi connectivity index (χ1) is 9.36. The normalized spacial score (nSPS) is 12.4. The van der Waals surface area contributed by atoms with Crippen LogP contribution in [0.3, 0.4) is 0 Å². The number of carbonyl (C=O) groups excluding carboxylic acids is 1. The Labute approximate surface area is 116 Å². The van der Waals surface area contributed by atoms with Crippen LogP contribution >= 0.6 is 0 Å². The Kier molecular flexibility index (Phi) is 3.59. The topological polar surface area (TPSA) is 87.2 Å². The summed E-state index contributed by atoms with van der Waals surface area (Å²) in [6, 6.07) is 7.33. The Bertz CT molecular complexity index is 681. The van der Waals surface area contributed by atoms with E-state index in [1.54, 1.807) is 10.6 Å². The molecule has 2 rings (SSSR count). The first-order valence-corrected chi connectivity index (χ1v) is 6.35. The zero-order chi connectivity index (χ0) is 14.9. The van der Waals surface area contributed by atoms with Gasteiger partial charge in [0.25, 0.3) is 5.91 Å². The smallest absolute Gasteiger partial charge is 0.295 e. The summed E-state index contributed by atoms with van der Waals surface area (Å²) in [7, 11) is 0. The minimum Gasteiger partial charge on any atom is -0.493 e. The Morgan fingerprint density at radius 2 is 2.00 bits per heavy atom. The molecule has 2 aromatic rings. The van der Waals surface area contributed by atoms with Crippen molar-refractivity contribution in [1.82, 2.24) is 4.57 Å². The van der Waals surface area contributed by atoms with Crippen LogP contribution in [-0.2, 0) is 11.3 Å². The van der Waals surface area contributed by atoms with E-state index in [0.29, 0.717) is 11.9 Å². The molecule has 0 aliphatic carbocycles. The molecule has 0 unspecified atom stereocenters. The molecular formula is C14H17N3O3. The van der Waals surface area contributed by atoms with Gasteiger partial charge in [-0.05, 0) is 26.8 Å². The van der Waals surface area contributed by atoms with Gasteiger partial charge in [-0.15, -0.1) is 10.2 Å². The number of hydrogen-bond donors (Lipinski definition) is 2. The molecule has 0 aliphatic heterocycles. The maximum atomic E-state index is 11.6. The molecule has 6 heteroatoms. The van der Waals surface area contributed by atoms with E-state index in [0.717, 1.165) is 5.52 Å². The van der Waals surface area contributed by atoms with Crippen LogP contribution in [0.15, 0.2) is 34.5 Å². The summed E-state index contributed by atoms with van der Waals surface area (Å²) in [5, 5.41) is 27.7. The second-order valence-corrected chi connectivity index (χ2v) is 5.00. The number of para-hydroxylation sites is 1. The highest BCUT2D eigenvalue weighted by atomic mass is 16.3. The van der Waals surface area contributed by atoms with Gasteiger partial charge in [0.2, 0.25) is 5.88 Å². The molecule has 1 heterocycles. The molecule has 0 radical (unpaired) electrons. The number of fused-ring (bicyclic) bond motifs is 1. The van der Waals surface area contributed by atoms with Gasteiger partial charge in [-0.1, -0.05) is 18.2 Å². The summed E-state index contributed by atoms with van der Waals surface area (Å²) in [5.41, 5.74) is -0.528. The molecule has 0 saturated heterocycles. The van der Waals surface area contributed by atoms with E-state index in [1.807, 2.05) is 25.1 Å². The van der Waals surface area contributed by atoms with Gasteiger partial charge >= 0.3 is 0 Å². The number of amides is 1. The van der Waals surface area contributed by atoms with Crippen LogP contribution in [0.25, 0.3) is 10.9 Å². The zero-order valence-electron chi connectivity index (χ0n) is 11.7. The number of benzene rings is 1. The lowest BCUT2D eigenvalue weighted by Gasteiger charge is -2.09. The van der Waals surface area contributed by atoms with Crippen LogP contribution < -0.4 is 0 Å². The highest BCUT2D eigenvalue weighted by Crippen LogP contribution is 2.38. The van der Waals surface area contributed by atoms with Crippen molar-refractivity contribution in [2.45, 2.75) is 32.9 Å². The van der Waals surface area contributed by atoms with Gasteiger partial charge in [0.1, 0.15) is 5.60 Å². The lowest BCUT2D eigenvalue weighted by molar-refractivity contribution is -0.133. The van der Waals surface area contributed by atoms with Crippen molar-refractivity contribution in [2.24, 2.45) is 10.2 Å². The van der Waals surface area contributed by atoms with E-state index in [-0.39, 0.29) is 11.6 Å². The fourth-order valence-electron chi connectivity index (χ4n) is 1.91. The first-order valence-electron chi connectivity index (χ1n) is 6.35. The Morgan fingerprint density at radius 3 is 2.60 bits per heavy atom. The van der Waals surface area contributed by atoms with Crippen LogP contribution in [0.2, 0.25) is 0 Å². The number of rotatable bonds is 3. The van der Waals surface area contributed by atoms with E-state index < -0.39 is 11.5 Å². The van der Waals surface area contributed by atoms with Crippen LogP contribution in [0.5, 0.6) is 5.88 Å². The van der Waals surface area contributed by atoms with Crippen molar-refractivity contribution in [3.05, 3.63) is 24.3 Å². The van der Waals surface area contributed by atoms with Gasteiger partial charge in [0.15, 0.2) is 5.69 Å². The highest BCUT2D eigenvalue weighted by molar-refractivity contribution is 5.95. The average molecular weight is 275 g/mol. The molecule has 0 aliphatic rings. The molecule has 2 N–H and O–H groups in total. The molecule has 106 valence electrons. The van der Waals surface area contributed by atoms with E-state index in [2.05, 4.69) is 10.2 Å². The minimum atomic E-state index is -1.58. The Morgan fingerprint density at radius 1 is 1.35 bits per heavy atom. The summed E-state index contributed by atoms with van der Waals surface area (Å²) >= 11 is 0. The van der Waals surface area contributed by atoms with E-state index in [4.69, 9.17) is 0 Å². The fraction of sp³-hybridized carbons (Fsp3) is 0.357. The largest absolute Gasteiger partial charge is 0.493 e. The zero-order valence-corrected chi connectivity index (χ0v) is 11.7. The van der Waals surface area contributed by atoms with Gasteiger partial charge in [-0.2, -0.15) is 0 Å². The van der Waals surface area contributed by atoms with Crippen molar-refractivity contribution in [2.75, 3.05) is 0 Å². The summed E-state index contributed by atoms with van der Waals surface area (Å²) < 4.78 is 1.68. The van der Waals surface area contributed by atoms with Crippen LogP contribution in [0.1, 0.15) is 20.8 Å². The molecule has 1 aromatic carbocycles. The Balaban J connectivity index is 2.53. The molecular weight excluding hydrogens is 258 g/mol. The third-order valence-corrected chi connectivity index (χ3v) is 3.00. The van der Waals surface area contributed by atoms with Crippen LogP contribution in [0.4, 0.5) is 5.69 Å². The summed E-state index contributed by atoms with van der Waals surface area (Å²) in [4.78, 5) is 11.6. The van der Waals surface area contributed by atoms with Gasteiger partial charge in [0.05, 0.1) is 5.52 Å². The minimum absolute atomic E-state index is 0.0407. The Hall–Kier alpha value is -2.21. The number of carbonyl (C=O) groups is 1. The van der Waals surface area contributed by atoms with Crippen molar-refractivity contribution >= 4 is 22.5 Å². The van der Waals surface area contributed by atoms with Crippen molar-refractivity contribution in [3.63, 3.8) is 0 Å². The molecule has 0 spiro atoms. The molecule has 1 amide bonds. The predicted octanol–water partition coefficient (Wildman–Crippen LogP) is 2.75. The van der Waals surface area contributed by atoms with E-state index in [9.17, 15) is 15.0 Å².